The zero-order valence-corrected chi connectivity index (χ0v) is 30.4. The van der Waals surface area contributed by atoms with Crippen molar-refractivity contribution in [3.05, 3.63) is 47.2 Å². The quantitative estimate of drug-likeness (QED) is 0.310. The van der Waals surface area contributed by atoms with Gasteiger partial charge in [0, 0.05) is 31.6 Å². The van der Waals surface area contributed by atoms with Crippen molar-refractivity contribution < 1.29 is 71.5 Å². The first kappa shape index (κ1) is 37.0. The lowest BCUT2D eigenvalue weighted by Gasteiger charge is -2.66. The minimum Gasteiger partial charge on any atom is -0.454 e. The van der Waals surface area contributed by atoms with Gasteiger partial charge in [0.15, 0.2) is 23.2 Å². The molecule has 2 aliphatic heterocycles. The third-order valence-corrected chi connectivity index (χ3v) is 11.1. The molecule has 280 valence electrons. The molecule has 0 radical (unpaired) electrons. The fourth-order valence-electron chi connectivity index (χ4n) is 8.98. The number of hydrogen-bond acceptors (Lipinski definition) is 15. The normalized spacial score (nSPS) is 35.8. The van der Waals surface area contributed by atoms with Crippen LogP contribution in [0.25, 0.3) is 0 Å². The van der Waals surface area contributed by atoms with Crippen molar-refractivity contribution in [3.8, 4) is 0 Å². The molecule has 2 heterocycles. The second kappa shape index (κ2) is 12.1. The van der Waals surface area contributed by atoms with E-state index in [1.54, 1.807) is 52.8 Å². The summed E-state index contributed by atoms with van der Waals surface area (Å²) in [6, 6.07) is 7.79. The molecule has 2 saturated heterocycles. The Morgan fingerprint density at radius 3 is 2.13 bits per heavy atom. The van der Waals surface area contributed by atoms with E-state index in [9.17, 15) is 28.8 Å². The van der Waals surface area contributed by atoms with Gasteiger partial charge in [0.1, 0.15) is 17.8 Å². The third-order valence-electron chi connectivity index (χ3n) is 11.1. The van der Waals surface area contributed by atoms with E-state index in [-0.39, 0.29) is 24.2 Å². The zero-order chi connectivity index (χ0) is 38.3. The molecule has 3 aliphatic carbocycles. The summed E-state index contributed by atoms with van der Waals surface area (Å²) in [6.07, 6.45) is -8.83. The highest BCUT2D eigenvalue weighted by atomic mass is 16.8. The lowest BCUT2D eigenvalue weighted by atomic mass is 9.44. The monoisotopic (exact) mass is 726 g/mol. The van der Waals surface area contributed by atoms with Crippen molar-refractivity contribution in [1.29, 1.82) is 0 Å². The van der Waals surface area contributed by atoms with Crippen LogP contribution in [0.4, 0.5) is 9.59 Å². The Morgan fingerprint density at radius 1 is 0.923 bits per heavy atom. The highest BCUT2D eigenvalue weighted by molar-refractivity contribution is 6.05. The smallest absolute Gasteiger partial charge is 0.454 e. The van der Waals surface area contributed by atoms with Crippen molar-refractivity contribution in [2.45, 2.75) is 110 Å². The maximum Gasteiger partial charge on any atom is 0.510 e. The van der Waals surface area contributed by atoms with E-state index in [4.69, 9.17) is 37.9 Å². The van der Waals surface area contributed by atoms with Crippen LogP contribution in [0.15, 0.2) is 41.7 Å². The fraction of sp³-hybridized carbons (Fsp3) is 0.595. The number of hydrogen-bond donors (Lipinski definition) is 0. The minimum absolute atomic E-state index is 0.0442. The van der Waals surface area contributed by atoms with E-state index in [2.05, 4.69) is 0 Å². The lowest BCUT2D eigenvalue weighted by molar-refractivity contribution is -0.342. The molecule has 1 aromatic carbocycles. The summed E-state index contributed by atoms with van der Waals surface area (Å²) >= 11 is 0. The van der Waals surface area contributed by atoms with Crippen molar-refractivity contribution in [3.63, 3.8) is 0 Å². The number of rotatable bonds is 5. The van der Waals surface area contributed by atoms with Crippen LogP contribution >= 0.6 is 0 Å². The van der Waals surface area contributed by atoms with E-state index < -0.39 is 111 Å². The van der Waals surface area contributed by atoms with Crippen LogP contribution in [0, 0.1) is 22.7 Å². The maximum atomic E-state index is 15.5. The van der Waals surface area contributed by atoms with Crippen LogP contribution in [-0.2, 0) is 57.1 Å². The molecule has 15 heteroatoms. The van der Waals surface area contributed by atoms with Crippen molar-refractivity contribution in [2.24, 2.45) is 22.7 Å². The average Bonchev–Trinajstić information content (AvgIpc) is 3.40. The molecule has 0 amide bonds. The van der Waals surface area contributed by atoms with Crippen LogP contribution < -0.4 is 0 Å². The van der Waals surface area contributed by atoms with E-state index in [1.807, 2.05) is 0 Å². The summed E-state index contributed by atoms with van der Waals surface area (Å²) in [5.41, 5.74) is -8.92. The van der Waals surface area contributed by atoms with Crippen molar-refractivity contribution >= 4 is 41.8 Å². The molecule has 2 unspecified atom stereocenters. The number of carbonyl (C=O) groups excluding carboxylic acids is 7. The molecule has 2 saturated carbocycles. The number of benzene rings is 1. The van der Waals surface area contributed by atoms with E-state index in [0.29, 0.717) is 0 Å². The average molecular weight is 727 g/mol. The molecule has 5 aliphatic rings. The zero-order valence-electron chi connectivity index (χ0n) is 30.4. The number of Topliss-reactive ketones (excluding diaryl/α,β-unsaturated/α-hetero) is 2. The molecule has 52 heavy (non-hydrogen) atoms. The Hall–Kier alpha value is -4.79. The first-order valence-corrected chi connectivity index (χ1v) is 17.0. The number of fused-ring (bicyclic) bond motifs is 4. The highest BCUT2D eigenvalue weighted by Gasteiger charge is 2.83. The van der Waals surface area contributed by atoms with Gasteiger partial charge in [0.25, 0.3) is 0 Å². The van der Waals surface area contributed by atoms with Crippen LogP contribution in [-0.4, -0.2) is 89.6 Å². The molecular weight excluding hydrogens is 684 g/mol. The molecule has 1 aromatic rings. The predicted octanol–water partition coefficient (Wildman–Crippen LogP) is 4.18. The van der Waals surface area contributed by atoms with Gasteiger partial charge in [-0.25, -0.2) is 14.4 Å². The molecule has 15 nitrogen and oxygen atoms in total. The Morgan fingerprint density at radius 2 is 1.58 bits per heavy atom. The van der Waals surface area contributed by atoms with Gasteiger partial charge in [0.2, 0.25) is 17.5 Å². The maximum absolute atomic E-state index is 15.5. The topological polar surface area (TPSA) is 193 Å². The standard InChI is InChI=1S/C37H42O15/c1-17-23-25(46-18(2)38)27(41)35(9)21(47-31(43)51-33(4,5)6)15-22-36(16-45-22,50-19(3)39)26(35)29(48-30(42)20-13-11-10-12-14-20)37(34(23,7)8)28(24(17)40)49-32(44)52-37/h10-14,17,21-22,26,28-29H,15-16H2,1-9H3/t17?,21-,22+,26?,28-,29-,35+,36-,37+/m0/s1. The Bertz CT molecular complexity index is 1790. The number of allylic oxidation sites excluding steroid dienone is 1. The first-order chi connectivity index (χ1) is 24.1. The second-order valence-electron chi connectivity index (χ2n) is 15.7. The third kappa shape index (κ3) is 5.29. The summed E-state index contributed by atoms with van der Waals surface area (Å²) in [5, 5.41) is 0. The Labute approximate surface area is 299 Å². The lowest BCUT2D eigenvalue weighted by Crippen LogP contribution is -2.82. The molecule has 0 aromatic heterocycles. The number of esters is 3. The van der Waals surface area contributed by atoms with Gasteiger partial charge in [-0.2, -0.15) is 0 Å². The van der Waals surface area contributed by atoms with E-state index >= 15 is 4.79 Å². The van der Waals surface area contributed by atoms with E-state index in [0.717, 1.165) is 13.8 Å². The Kier molecular flexibility index (Phi) is 8.63. The summed E-state index contributed by atoms with van der Waals surface area (Å²) in [5.74, 6) is -7.72. The van der Waals surface area contributed by atoms with Gasteiger partial charge in [-0.3, -0.25) is 19.2 Å². The summed E-state index contributed by atoms with van der Waals surface area (Å²) in [7, 11) is 0. The fourth-order valence-corrected chi connectivity index (χ4v) is 8.98. The van der Waals surface area contributed by atoms with Gasteiger partial charge in [-0.1, -0.05) is 39.0 Å². The SMILES string of the molecule is CC(=O)OC1=C2C(C)C(=O)[C@@H]3OC(=O)O[C@]3([C@@H](OC(=O)c3ccccc3)C3[C@](C)(C1=O)[C@@H](OC(=O)OC(C)(C)C)C[C@H]1OC[C@@]31OC(C)=O)C2(C)C. The van der Waals surface area contributed by atoms with Gasteiger partial charge in [-0.15, -0.1) is 0 Å². The van der Waals surface area contributed by atoms with Crippen molar-refractivity contribution in [1.82, 2.24) is 0 Å². The number of carbonyl (C=O) groups is 7. The van der Waals surface area contributed by atoms with Crippen molar-refractivity contribution in [2.75, 3.05) is 6.61 Å². The van der Waals surface area contributed by atoms with Gasteiger partial charge in [0.05, 0.1) is 23.5 Å². The van der Waals surface area contributed by atoms with E-state index in [1.165, 1.54) is 26.0 Å². The molecular formula is C37H42O15. The summed E-state index contributed by atoms with van der Waals surface area (Å²) in [6.45, 7) is 12.6. The van der Waals surface area contributed by atoms with Gasteiger partial charge in [-0.05, 0) is 45.4 Å². The highest BCUT2D eigenvalue weighted by Crippen LogP contribution is 2.67. The molecule has 0 N–H and O–H groups in total. The Balaban J connectivity index is 1.73. The second-order valence-corrected chi connectivity index (χ2v) is 15.7. The number of ether oxygens (including phenoxy) is 8. The van der Waals surface area contributed by atoms with Crippen LogP contribution in [0.1, 0.15) is 79.1 Å². The molecule has 6 rings (SSSR count). The molecule has 9 atom stereocenters. The summed E-state index contributed by atoms with van der Waals surface area (Å²) in [4.78, 5) is 96.7. The largest absolute Gasteiger partial charge is 0.510 e. The van der Waals surface area contributed by atoms with Gasteiger partial charge < -0.3 is 37.9 Å². The van der Waals surface area contributed by atoms with Gasteiger partial charge >= 0.3 is 30.2 Å². The summed E-state index contributed by atoms with van der Waals surface area (Å²) < 4.78 is 47.3. The number of ketones is 2. The predicted molar refractivity (Wildman–Crippen MR) is 173 cm³/mol. The minimum atomic E-state index is -2.29. The molecule has 1 spiro atoms. The first-order valence-electron chi connectivity index (χ1n) is 17.0. The molecule has 4 fully saturated rings. The van der Waals surface area contributed by atoms with Crippen LogP contribution in [0.5, 0.6) is 0 Å². The van der Waals surface area contributed by atoms with Crippen LogP contribution in [0.2, 0.25) is 0 Å². The molecule has 2 bridgehead atoms. The van der Waals surface area contributed by atoms with Crippen LogP contribution in [0.3, 0.4) is 0 Å².